The molecule has 0 saturated heterocycles. The standard InChI is InChI=1S/C20H24N2O/c21-12-16-6-3-7-19(16)22-20(23)18-11-17(18)15-9-8-13-4-1-2-5-14(13)10-15/h1-2,4-5,8-10,16-19H,3,6-7,11-12,21H2,(H,22,23). The first kappa shape index (κ1) is 14.7. The summed E-state index contributed by atoms with van der Waals surface area (Å²) in [7, 11) is 0. The predicted octanol–water partition coefficient (Wildman–Crippen LogP) is 3.19. The van der Waals surface area contributed by atoms with E-state index in [1.807, 2.05) is 0 Å². The molecule has 3 heteroatoms. The fourth-order valence-corrected chi connectivity index (χ4v) is 4.09. The summed E-state index contributed by atoms with van der Waals surface area (Å²) in [6.07, 6.45) is 4.40. The maximum atomic E-state index is 12.5. The van der Waals surface area contributed by atoms with Crippen molar-refractivity contribution in [1.29, 1.82) is 0 Å². The molecule has 2 aliphatic rings. The van der Waals surface area contributed by atoms with E-state index in [1.165, 1.54) is 22.8 Å². The van der Waals surface area contributed by atoms with E-state index in [0.717, 1.165) is 19.3 Å². The van der Waals surface area contributed by atoms with Gasteiger partial charge in [0.25, 0.3) is 0 Å². The van der Waals surface area contributed by atoms with Gasteiger partial charge in [0.2, 0.25) is 5.91 Å². The smallest absolute Gasteiger partial charge is 0.223 e. The van der Waals surface area contributed by atoms with Gasteiger partial charge in [0.05, 0.1) is 0 Å². The fraction of sp³-hybridized carbons (Fsp3) is 0.450. The molecular weight excluding hydrogens is 284 g/mol. The number of nitrogens with two attached hydrogens (primary N) is 1. The Hall–Kier alpha value is -1.87. The van der Waals surface area contributed by atoms with Crippen molar-refractivity contribution in [1.82, 2.24) is 5.32 Å². The van der Waals surface area contributed by atoms with Gasteiger partial charge in [0, 0.05) is 12.0 Å². The number of hydrogen-bond acceptors (Lipinski definition) is 2. The van der Waals surface area contributed by atoms with E-state index in [0.29, 0.717) is 24.4 Å². The van der Waals surface area contributed by atoms with Crippen LogP contribution in [-0.2, 0) is 4.79 Å². The molecule has 2 aliphatic carbocycles. The van der Waals surface area contributed by atoms with Crippen LogP contribution in [-0.4, -0.2) is 18.5 Å². The number of hydrogen-bond donors (Lipinski definition) is 2. The van der Waals surface area contributed by atoms with Crippen molar-refractivity contribution in [3.8, 4) is 0 Å². The molecule has 0 radical (unpaired) electrons. The molecule has 2 aromatic rings. The Morgan fingerprint density at radius 3 is 2.78 bits per heavy atom. The van der Waals surface area contributed by atoms with Gasteiger partial charge in [0.1, 0.15) is 0 Å². The predicted molar refractivity (Wildman–Crippen MR) is 93.1 cm³/mol. The third-order valence-electron chi connectivity index (χ3n) is 5.62. The van der Waals surface area contributed by atoms with Crippen LogP contribution < -0.4 is 11.1 Å². The second kappa shape index (κ2) is 5.97. The first-order valence-electron chi connectivity index (χ1n) is 8.75. The van der Waals surface area contributed by atoms with Gasteiger partial charge in [-0.05, 0) is 54.0 Å². The van der Waals surface area contributed by atoms with Crippen LogP contribution in [0.25, 0.3) is 10.8 Å². The summed E-state index contributed by atoms with van der Waals surface area (Å²) in [5.74, 6) is 1.23. The van der Waals surface area contributed by atoms with Gasteiger partial charge in [-0.25, -0.2) is 0 Å². The molecule has 1 amide bonds. The molecule has 2 saturated carbocycles. The molecule has 0 heterocycles. The minimum atomic E-state index is 0.148. The Kier molecular flexibility index (Phi) is 3.82. The summed E-state index contributed by atoms with van der Waals surface area (Å²) in [6, 6.07) is 15.3. The van der Waals surface area contributed by atoms with E-state index < -0.39 is 0 Å². The minimum absolute atomic E-state index is 0.148. The Morgan fingerprint density at radius 1 is 1.13 bits per heavy atom. The van der Waals surface area contributed by atoms with E-state index in [1.54, 1.807) is 0 Å². The second-order valence-electron chi connectivity index (χ2n) is 7.10. The van der Waals surface area contributed by atoms with Gasteiger partial charge < -0.3 is 11.1 Å². The van der Waals surface area contributed by atoms with Crippen LogP contribution in [0.3, 0.4) is 0 Å². The van der Waals surface area contributed by atoms with E-state index in [9.17, 15) is 4.79 Å². The average molecular weight is 308 g/mol. The number of benzene rings is 2. The SMILES string of the molecule is NCC1CCCC1NC(=O)C1CC1c1ccc2ccccc2c1. The van der Waals surface area contributed by atoms with Crippen LogP contribution in [0.15, 0.2) is 42.5 Å². The zero-order valence-corrected chi connectivity index (χ0v) is 13.4. The van der Waals surface area contributed by atoms with E-state index >= 15 is 0 Å². The van der Waals surface area contributed by atoms with E-state index in [2.05, 4.69) is 47.8 Å². The summed E-state index contributed by atoms with van der Waals surface area (Å²) in [5.41, 5.74) is 7.11. The summed E-state index contributed by atoms with van der Waals surface area (Å²) in [5, 5.41) is 5.78. The average Bonchev–Trinajstić information content (AvgIpc) is 3.27. The summed E-state index contributed by atoms with van der Waals surface area (Å²) in [4.78, 5) is 12.5. The Labute approximate surface area is 137 Å². The zero-order chi connectivity index (χ0) is 15.8. The molecule has 3 nitrogen and oxygen atoms in total. The molecule has 3 N–H and O–H groups in total. The highest BCUT2D eigenvalue weighted by molar-refractivity contribution is 5.86. The lowest BCUT2D eigenvalue weighted by molar-refractivity contribution is -0.123. The molecule has 4 unspecified atom stereocenters. The van der Waals surface area contributed by atoms with Crippen LogP contribution >= 0.6 is 0 Å². The van der Waals surface area contributed by atoms with Crippen molar-refractivity contribution >= 4 is 16.7 Å². The third kappa shape index (κ3) is 2.86. The van der Waals surface area contributed by atoms with Crippen LogP contribution in [0.5, 0.6) is 0 Å². The van der Waals surface area contributed by atoms with Crippen molar-refractivity contribution < 1.29 is 4.79 Å². The van der Waals surface area contributed by atoms with Gasteiger partial charge in [-0.2, -0.15) is 0 Å². The number of amides is 1. The number of carbonyl (C=O) groups is 1. The fourth-order valence-electron chi connectivity index (χ4n) is 4.09. The summed E-state index contributed by atoms with van der Waals surface area (Å²) >= 11 is 0. The monoisotopic (exact) mass is 308 g/mol. The Morgan fingerprint density at radius 2 is 1.96 bits per heavy atom. The van der Waals surface area contributed by atoms with Crippen molar-refractivity contribution in [2.24, 2.45) is 17.6 Å². The molecule has 4 atom stereocenters. The highest BCUT2D eigenvalue weighted by Crippen LogP contribution is 2.48. The molecule has 0 spiro atoms. The van der Waals surface area contributed by atoms with E-state index in [4.69, 9.17) is 5.73 Å². The van der Waals surface area contributed by atoms with Gasteiger partial charge >= 0.3 is 0 Å². The topological polar surface area (TPSA) is 55.1 Å². The Bertz CT molecular complexity index is 726. The molecule has 120 valence electrons. The van der Waals surface area contributed by atoms with Crippen molar-refractivity contribution in [3.05, 3.63) is 48.0 Å². The summed E-state index contributed by atoms with van der Waals surface area (Å²) < 4.78 is 0. The zero-order valence-electron chi connectivity index (χ0n) is 13.4. The first-order valence-corrected chi connectivity index (χ1v) is 8.75. The molecule has 2 aromatic carbocycles. The van der Waals surface area contributed by atoms with Gasteiger partial charge in [-0.1, -0.05) is 48.9 Å². The lowest BCUT2D eigenvalue weighted by Gasteiger charge is -2.19. The van der Waals surface area contributed by atoms with Gasteiger partial charge in [0.15, 0.2) is 0 Å². The van der Waals surface area contributed by atoms with E-state index in [-0.39, 0.29) is 11.8 Å². The normalized spacial score (nSPS) is 29.6. The molecule has 4 rings (SSSR count). The molecular formula is C20H24N2O. The van der Waals surface area contributed by atoms with Crippen molar-refractivity contribution in [2.45, 2.75) is 37.6 Å². The molecule has 2 fully saturated rings. The Balaban J connectivity index is 1.43. The third-order valence-corrected chi connectivity index (χ3v) is 5.62. The molecule has 0 aromatic heterocycles. The molecule has 0 bridgehead atoms. The number of rotatable bonds is 4. The van der Waals surface area contributed by atoms with Crippen molar-refractivity contribution in [2.75, 3.05) is 6.54 Å². The lowest BCUT2D eigenvalue weighted by Crippen LogP contribution is -2.40. The lowest BCUT2D eigenvalue weighted by atomic mass is 10.0. The quantitative estimate of drug-likeness (QED) is 0.911. The maximum Gasteiger partial charge on any atom is 0.223 e. The van der Waals surface area contributed by atoms with Gasteiger partial charge in [-0.3, -0.25) is 4.79 Å². The highest BCUT2D eigenvalue weighted by Gasteiger charge is 2.45. The van der Waals surface area contributed by atoms with Crippen LogP contribution in [0, 0.1) is 11.8 Å². The van der Waals surface area contributed by atoms with Crippen LogP contribution in [0.2, 0.25) is 0 Å². The number of nitrogens with one attached hydrogen (secondary N) is 1. The number of carbonyl (C=O) groups excluding carboxylic acids is 1. The largest absolute Gasteiger partial charge is 0.353 e. The summed E-state index contributed by atoms with van der Waals surface area (Å²) in [6.45, 7) is 0.684. The van der Waals surface area contributed by atoms with Gasteiger partial charge in [-0.15, -0.1) is 0 Å². The van der Waals surface area contributed by atoms with Crippen LogP contribution in [0.4, 0.5) is 0 Å². The molecule has 23 heavy (non-hydrogen) atoms. The number of fused-ring (bicyclic) bond motifs is 1. The second-order valence-corrected chi connectivity index (χ2v) is 7.10. The highest BCUT2D eigenvalue weighted by atomic mass is 16.2. The first-order chi connectivity index (χ1) is 11.3. The molecule has 0 aliphatic heterocycles. The maximum absolute atomic E-state index is 12.5. The van der Waals surface area contributed by atoms with Crippen LogP contribution in [0.1, 0.15) is 37.2 Å². The minimum Gasteiger partial charge on any atom is -0.353 e. The van der Waals surface area contributed by atoms with Crippen molar-refractivity contribution in [3.63, 3.8) is 0 Å².